The van der Waals surface area contributed by atoms with Crippen molar-refractivity contribution in [3.05, 3.63) is 36.3 Å². The Hall–Kier alpha value is -1.81. The molecule has 0 spiro atoms. The first-order valence-corrected chi connectivity index (χ1v) is 6.30. The summed E-state index contributed by atoms with van der Waals surface area (Å²) in [6.07, 6.45) is 3.90. The van der Waals surface area contributed by atoms with E-state index >= 15 is 0 Å². The summed E-state index contributed by atoms with van der Waals surface area (Å²) in [5.74, 6) is 0.900. The van der Waals surface area contributed by atoms with Crippen LogP contribution in [-0.2, 0) is 6.54 Å². The molecule has 96 valence electrons. The Morgan fingerprint density at radius 2 is 2.06 bits per heavy atom. The van der Waals surface area contributed by atoms with Crippen molar-refractivity contribution < 1.29 is 4.74 Å². The summed E-state index contributed by atoms with van der Waals surface area (Å²) in [6, 6.07) is 7.97. The normalized spacial score (nSPS) is 10.6. The van der Waals surface area contributed by atoms with E-state index in [1.807, 2.05) is 24.3 Å². The minimum Gasteiger partial charge on any atom is -0.494 e. The summed E-state index contributed by atoms with van der Waals surface area (Å²) in [5.41, 5.74) is 8.57. The molecule has 1 heterocycles. The van der Waals surface area contributed by atoms with Gasteiger partial charge in [0.2, 0.25) is 0 Å². The average Bonchev–Trinajstić information content (AvgIpc) is 2.88. The number of H-pyrrole nitrogens is 1. The van der Waals surface area contributed by atoms with Crippen molar-refractivity contribution in [2.45, 2.75) is 26.3 Å². The number of nitrogens with one attached hydrogen (secondary N) is 1. The zero-order chi connectivity index (χ0) is 12.8. The predicted octanol–water partition coefficient (Wildman–Crippen LogP) is 2.71. The Balaban J connectivity index is 2.07. The number of aromatic nitrogens is 2. The fraction of sp³-hybridized carbons (Fsp3) is 0.357. The van der Waals surface area contributed by atoms with Crippen LogP contribution in [0.15, 0.2) is 30.6 Å². The van der Waals surface area contributed by atoms with Crippen LogP contribution < -0.4 is 10.5 Å². The molecule has 0 aliphatic carbocycles. The molecule has 0 fully saturated rings. The van der Waals surface area contributed by atoms with Gasteiger partial charge in [-0.1, -0.05) is 13.3 Å². The minimum absolute atomic E-state index is 0.462. The predicted molar refractivity (Wildman–Crippen MR) is 72.3 cm³/mol. The molecule has 0 radical (unpaired) electrons. The number of benzene rings is 1. The van der Waals surface area contributed by atoms with Crippen molar-refractivity contribution in [2.24, 2.45) is 5.73 Å². The Bertz CT molecular complexity index is 476. The molecule has 0 saturated heterocycles. The second kappa shape index (κ2) is 6.21. The quantitative estimate of drug-likeness (QED) is 0.769. The standard InChI is InChI=1S/C14H19N3O/c1-2-3-8-18-12-6-4-11(5-7-12)14-13(9-15)16-10-17-14/h4-7,10H,2-3,8-9,15H2,1H3,(H,16,17). The smallest absolute Gasteiger partial charge is 0.119 e. The van der Waals surface area contributed by atoms with Gasteiger partial charge in [0.05, 0.1) is 24.3 Å². The molecule has 2 aromatic rings. The Morgan fingerprint density at radius 1 is 1.28 bits per heavy atom. The number of imidazole rings is 1. The molecule has 0 atom stereocenters. The third-order valence-electron chi connectivity index (χ3n) is 2.82. The summed E-state index contributed by atoms with van der Waals surface area (Å²) in [4.78, 5) is 7.33. The number of hydrogen-bond acceptors (Lipinski definition) is 3. The number of aromatic amines is 1. The molecule has 0 amide bonds. The topological polar surface area (TPSA) is 63.9 Å². The number of unbranched alkanes of at least 4 members (excludes halogenated alkanes) is 1. The van der Waals surface area contributed by atoms with Crippen molar-refractivity contribution in [1.29, 1.82) is 0 Å². The molecular weight excluding hydrogens is 226 g/mol. The van der Waals surface area contributed by atoms with Crippen molar-refractivity contribution >= 4 is 0 Å². The minimum atomic E-state index is 0.462. The molecule has 4 nitrogen and oxygen atoms in total. The van der Waals surface area contributed by atoms with Gasteiger partial charge in [-0.2, -0.15) is 0 Å². The highest BCUT2D eigenvalue weighted by Gasteiger charge is 2.06. The molecule has 0 unspecified atom stereocenters. The molecule has 3 N–H and O–H groups in total. The van der Waals surface area contributed by atoms with E-state index in [1.165, 1.54) is 0 Å². The molecule has 0 aliphatic rings. The van der Waals surface area contributed by atoms with Crippen LogP contribution in [-0.4, -0.2) is 16.6 Å². The fourth-order valence-corrected chi connectivity index (χ4v) is 1.77. The molecule has 2 rings (SSSR count). The summed E-state index contributed by atoms with van der Waals surface area (Å²) in [7, 11) is 0. The molecule has 0 aliphatic heterocycles. The summed E-state index contributed by atoms with van der Waals surface area (Å²) < 4.78 is 5.62. The fourth-order valence-electron chi connectivity index (χ4n) is 1.77. The zero-order valence-electron chi connectivity index (χ0n) is 10.6. The van der Waals surface area contributed by atoms with Crippen molar-refractivity contribution in [3.63, 3.8) is 0 Å². The van der Waals surface area contributed by atoms with Gasteiger partial charge >= 0.3 is 0 Å². The van der Waals surface area contributed by atoms with Crippen LogP contribution in [0.25, 0.3) is 11.3 Å². The lowest BCUT2D eigenvalue weighted by Crippen LogP contribution is -1.99. The molecule has 1 aromatic carbocycles. The largest absolute Gasteiger partial charge is 0.494 e. The number of hydrogen-bond donors (Lipinski definition) is 2. The van der Waals surface area contributed by atoms with Crippen LogP contribution in [0.3, 0.4) is 0 Å². The van der Waals surface area contributed by atoms with E-state index in [-0.39, 0.29) is 0 Å². The molecular formula is C14H19N3O. The molecule has 0 saturated carbocycles. The maximum Gasteiger partial charge on any atom is 0.119 e. The lowest BCUT2D eigenvalue weighted by atomic mass is 10.1. The first-order chi connectivity index (χ1) is 8.85. The van der Waals surface area contributed by atoms with Gasteiger partial charge in [0.25, 0.3) is 0 Å². The SMILES string of the molecule is CCCCOc1ccc(-c2nc[nH]c2CN)cc1. The molecule has 4 heteroatoms. The van der Waals surface area contributed by atoms with Crippen LogP contribution in [0, 0.1) is 0 Å². The maximum atomic E-state index is 5.65. The second-order valence-corrected chi connectivity index (χ2v) is 4.16. The van der Waals surface area contributed by atoms with Crippen LogP contribution in [0.5, 0.6) is 5.75 Å². The van der Waals surface area contributed by atoms with E-state index in [2.05, 4.69) is 16.9 Å². The Morgan fingerprint density at radius 3 is 2.72 bits per heavy atom. The third kappa shape index (κ3) is 2.90. The van der Waals surface area contributed by atoms with E-state index in [1.54, 1.807) is 6.33 Å². The molecule has 0 bridgehead atoms. The highest BCUT2D eigenvalue weighted by Crippen LogP contribution is 2.23. The number of nitrogens with two attached hydrogens (primary N) is 1. The first-order valence-electron chi connectivity index (χ1n) is 6.30. The van der Waals surface area contributed by atoms with Gasteiger partial charge in [0.15, 0.2) is 0 Å². The van der Waals surface area contributed by atoms with Crippen molar-refractivity contribution in [1.82, 2.24) is 9.97 Å². The van der Waals surface area contributed by atoms with Gasteiger partial charge in [-0.3, -0.25) is 0 Å². The second-order valence-electron chi connectivity index (χ2n) is 4.16. The summed E-state index contributed by atoms with van der Waals surface area (Å²) in [6.45, 7) is 3.38. The van der Waals surface area contributed by atoms with Crippen LogP contribution in [0.2, 0.25) is 0 Å². The number of nitrogens with zero attached hydrogens (tertiary/aromatic N) is 1. The monoisotopic (exact) mass is 245 g/mol. The average molecular weight is 245 g/mol. The number of rotatable bonds is 6. The first kappa shape index (κ1) is 12.6. The van der Waals surface area contributed by atoms with Gasteiger partial charge in [0, 0.05) is 12.1 Å². The lowest BCUT2D eigenvalue weighted by molar-refractivity contribution is 0.309. The van der Waals surface area contributed by atoms with E-state index < -0.39 is 0 Å². The lowest BCUT2D eigenvalue weighted by Gasteiger charge is -2.06. The van der Waals surface area contributed by atoms with Gasteiger partial charge in [0.1, 0.15) is 5.75 Å². The molecule has 1 aromatic heterocycles. The van der Waals surface area contributed by atoms with Crippen LogP contribution in [0.4, 0.5) is 0 Å². The van der Waals surface area contributed by atoms with E-state index in [9.17, 15) is 0 Å². The van der Waals surface area contributed by atoms with E-state index in [0.29, 0.717) is 6.54 Å². The van der Waals surface area contributed by atoms with Gasteiger partial charge in [-0.05, 0) is 30.7 Å². The van der Waals surface area contributed by atoms with Crippen LogP contribution in [0.1, 0.15) is 25.5 Å². The van der Waals surface area contributed by atoms with Gasteiger partial charge in [-0.25, -0.2) is 4.98 Å². The Labute approximate surface area is 107 Å². The van der Waals surface area contributed by atoms with Crippen LogP contribution >= 0.6 is 0 Å². The summed E-state index contributed by atoms with van der Waals surface area (Å²) in [5, 5.41) is 0. The highest BCUT2D eigenvalue weighted by atomic mass is 16.5. The Kier molecular flexibility index (Phi) is 4.36. The highest BCUT2D eigenvalue weighted by molar-refractivity contribution is 5.62. The maximum absolute atomic E-state index is 5.65. The number of ether oxygens (including phenoxy) is 1. The summed E-state index contributed by atoms with van der Waals surface area (Å²) >= 11 is 0. The van der Waals surface area contributed by atoms with Gasteiger partial charge in [-0.15, -0.1) is 0 Å². The van der Waals surface area contributed by atoms with Gasteiger partial charge < -0.3 is 15.5 Å². The molecule has 18 heavy (non-hydrogen) atoms. The van der Waals surface area contributed by atoms with Crippen molar-refractivity contribution in [2.75, 3.05) is 6.61 Å². The van der Waals surface area contributed by atoms with E-state index in [0.717, 1.165) is 42.1 Å². The zero-order valence-corrected chi connectivity index (χ0v) is 10.6. The van der Waals surface area contributed by atoms with Crippen molar-refractivity contribution in [3.8, 4) is 17.0 Å². The van der Waals surface area contributed by atoms with E-state index in [4.69, 9.17) is 10.5 Å². The third-order valence-corrected chi connectivity index (χ3v) is 2.82.